The summed E-state index contributed by atoms with van der Waals surface area (Å²) in [6, 6.07) is 7.68. The van der Waals surface area contributed by atoms with Crippen LogP contribution in [0, 0.1) is 0 Å². The average Bonchev–Trinajstić information content (AvgIpc) is 2.70. The van der Waals surface area contributed by atoms with Gasteiger partial charge in [-0.25, -0.2) is 0 Å². The molecule has 84 valence electrons. The molecule has 2 N–H and O–H groups in total. The van der Waals surface area contributed by atoms with Gasteiger partial charge >= 0.3 is 0 Å². The van der Waals surface area contributed by atoms with Crippen molar-refractivity contribution >= 4 is 15.9 Å². The average molecular weight is 282 g/mol. The van der Waals surface area contributed by atoms with Crippen molar-refractivity contribution in [3.8, 4) is 11.5 Å². The van der Waals surface area contributed by atoms with Gasteiger partial charge < -0.3 is 10.5 Å². The first kappa shape index (κ1) is 11.2. The van der Waals surface area contributed by atoms with Gasteiger partial charge in [0.25, 0.3) is 0 Å². The van der Waals surface area contributed by atoms with Gasteiger partial charge in [0.05, 0.1) is 23.4 Å². The van der Waals surface area contributed by atoms with E-state index < -0.39 is 0 Å². The third kappa shape index (κ3) is 2.62. The molecule has 5 heteroatoms. The fourth-order valence-electron chi connectivity index (χ4n) is 1.31. The van der Waals surface area contributed by atoms with Crippen LogP contribution in [0.5, 0.6) is 11.5 Å². The van der Waals surface area contributed by atoms with E-state index in [0.717, 1.165) is 10.2 Å². The van der Waals surface area contributed by atoms with Crippen molar-refractivity contribution in [2.24, 2.45) is 5.73 Å². The predicted molar refractivity (Wildman–Crippen MR) is 65.5 cm³/mol. The molecule has 0 amide bonds. The minimum Gasteiger partial charge on any atom is -0.453 e. The van der Waals surface area contributed by atoms with Gasteiger partial charge in [0.15, 0.2) is 5.75 Å². The first-order valence-electron chi connectivity index (χ1n) is 4.94. The van der Waals surface area contributed by atoms with Crippen molar-refractivity contribution in [2.75, 3.05) is 6.54 Å². The van der Waals surface area contributed by atoms with E-state index in [2.05, 4.69) is 21.0 Å². The second-order valence-electron chi connectivity index (χ2n) is 3.26. The Kier molecular flexibility index (Phi) is 3.58. The Bertz CT molecular complexity index is 470. The fourth-order valence-corrected chi connectivity index (χ4v) is 1.67. The van der Waals surface area contributed by atoms with E-state index >= 15 is 0 Å². The summed E-state index contributed by atoms with van der Waals surface area (Å²) in [5, 5.41) is 4.13. The molecular formula is C11H12BrN3O. The number of halogens is 1. The lowest BCUT2D eigenvalue weighted by atomic mass is 10.3. The molecular weight excluding hydrogens is 270 g/mol. The Morgan fingerprint density at radius 3 is 2.94 bits per heavy atom. The minimum absolute atomic E-state index is 0.566. The molecule has 16 heavy (non-hydrogen) atoms. The molecule has 0 unspecified atom stereocenters. The molecule has 0 radical (unpaired) electrons. The molecule has 1 aromatic carbocycles. The third-order valence-corrected chi connectivity index (χ3v) is 2.69. The number of ether oxygens (including phenoxy) is 1. The van der Waals surface area contributed by atoms with Gasteiger partial charge in [0.1, 0.15) is 5.75 Å². The molecule has 0 aliphatic heterocycles. The highest BCUT2D eigenvalue weighted by atomic mass is 79.9. The summed E-state index contributed by atoms with van der Waals surface area (Å²) in [5.41, 5.74) is 5.44. The largest absolute Gasteiger partial charge is 0.453 e. The van der Waals surface area contributed by atoms with Gasteiger partial charge in [-0.15, -0.1) is 0 Å². The molecule has 0 saturated heterocycles. The number of benzene rings is 1. The zero-order chi connectivity index (χ0) is 11.4. The van der Waals surface area contributed by atoms with E-state index in [4.69, 9.17) is 10.5 Å². The molecule has 1 aromatic heterocycles. The maximum atomic E-state index is 5.67. The van der Waals surface area contributed by atoms with Crippen LogP contribution in [0.4, 0.5) is 0 Å². The van der Waals surface area contributed by atoms with E-state index in [9.17, 15) is 0 Å². The van der Waals surface area contributed by atoms with Crippen LogP contribution in [0.2, 0.25) is 0 Å². The highest BCUT2D eigenvalue weighted by Gasteiger charge is 2.03. The smallest absolute Gasteiger partial charge is 0.165 e. The highest BCUT2D eigenvalue weighted by Crippen LogP contribution is 2.28. The molecule has 0 aliphatic rings. The summed E-state index contributed by atoms with van der Waals surface area (Å²) >= 11 is 3.42. The quantitative estimate of drug-likeness (QED) is 0.936. The molecule has 0 spiro atoms. The van der Waals surface area contributed by atoms with E-state index in [1.165, 1.54) is 0 Å². The summed E-state index contributed by atoms with van der Waals surface area (Å²) in [6.07, 6.45) is 3.50. The van der Waals surface area contributed by atoms with Crippen LogP contribution in [-0.4, -0.2) is 16.3 Å². The number of para-hydroxylation sites is 1. The number of nitrogens with two attached hydrogens (primary N) is 1. The second-order valence-corrected chi connectivity index (χ2v) is 4.11. The molecule has 0 bridgehead atoms. The topological polar surface area (TPSA) is 53.1 Å². The standard InChI is InChI=1S/C11H12BrN3O/c12-10-3-1-2-4-11(10)16-9-7-14-15(8-9)6-5-13/h1-4,7-8H,5-6,13H2. The molecule has 0 atom stereocenters. The van der Waals surface area contributed by atoms with Gasteiger partial charge in [0.2, 0.25) is 0 Å². The normalized spacial score (nSPS) is 10.4. The Morgan fingerprint density at radius 1 is 1.38 bits per heavy atom. The van der Waals surface area contributed by atoms with E-state index in [1.54, 1.807) is 10.9 Å². The van der Waals surface area contributed by atoms with Crippen molar-refractivity contribution < 1.29 is 4.74 Å². The first-order chi connectivity index (χ1) is 7.79. The van der Waals surface area contributed by atoms with Crippen molar-refractivity contribution in [3.05, 3.63) is 41.1 Å². The minimum atomic E-state index is 0.566. The monoisotopic (exact) mass is 281 g/mol. The SMILES string of the molecule is NCCn1cc(Oc2ccccc2Br)cn1. The number of nitrogens with zero attached hydrogens (tertiary/aromatic N) is 2. The lowest BCUT2D eigenvalue weighted by molar-refractivity contribution is 0.478. The Balaban J connectivity index is 2.11. The predicted octanol–water partition coefficient (Wildman–Crippen LogP) is 2.40. The zero-order valence-corrected chi connectivity index (χ0v) is 10.2. The fraction of sp³-hybridized carbons (Fsp3) is 0.182. The van der Waals surface area contributed by atoms with Gasteiger partial charge in [0, 0.05) is 6.54 Å². The third-order valence-electron chi connectivity index (χ3n) is 2.03. The van der Waals surface area contributed by atoms with Crippen LogP contribution >= 0.6 is 15.9 Å². The van der Waals surface area contributed by atoms with Crippen molar-refractivity contribution in [1.82, 2.24) is 9.78 Å². The molecule has 0 aliphatic carbocycles. The number of aromatic nitrogens is 2. The number of hydrogen-bond acceptors (Lipinski definition) is 3. The Labute approximate surface area is 102 Å². The van der Waals surface area contributed by atoms with Crippen molar-refractivity contribution in [2.45, 2.75) is 6.54 Å². The zero-order valence-electron chi connectivity index (χ0n) is 8.64. The number of rotatable bonds is 4. The summed E-state index contributed by atoms with van der Waals surface area (Å²) in [4.78, 5) is 0. The van der Waals surface area contributed by atoms with E-state index in [-0.39, 0.29) is 0 Å². The summed E-state index contributed by atoms with van der Waals surface area (Å²) < 4.78 is 8.34. The maximum absolute atomic E-state index is 5.67. The molecule has 0 fully saturated rings. The van der Waals surface area contributed by atoms with Crippen LogP contribution in [0.3, 0.4) is 0 Å². The molecule has 2 aromatic rings. The molecule has 4 nitrogen and oxygen atoms in total. The molecule has 0 saturated carbocycles. The lowest BCUT2D eigenvalue weighted by Gasteiger charge is -2.04. The summed E-state index contributed by atoms with van der Waals surface area (Å²) in [5.74, 6) is 1.48. The van der Waals surface area contributed by atoms with Gasteiger partial charge in [-0.05, 0) is 28.1 Å². The Morgan fingerprint density at radius 2 is 2.19 bits per heavy atom. The Hall–Kier alpha value is -1.33. The number of hydrogen-bond donors (Lipinski definition) is 1. The maximum Gasteiger partial charge on any atom is 0.165 e. The van der Waals surface area contributed by atoms with Gasteiger partial charge in [-0.3, -0.25) is 4.68 Å². The molecule has 2 rings (SSSR count). The van der Waals surface area contributed by atoms with Crippen LogP contribution < -0.4 is 10.5 Å². The van der Waals surface area contributed by atoms with E-state index in [1.807, 2.05) is 30.5 Å². The van der Waals surface area contributed by atoms with Gasteiger partial charge in [-0.1, -0.05) is 12.1 Å². The van der Waals surface area contributed by atoms with Crippen LogP contribution in [0.15, 0.2) is 41.1 Å². The lowest BCUT2D eigenvalue weighted by Crippen LogP contribution is -2.09. The van der Waals surface area contributed by atoms with Crippen LogP contribution in [0.1, 0.15) is 0 Å². The van der Waals surface area contributed by atoms with Crippen LogP contribution in [0.25, 0.3) is 0 Å². The molecule has 1 heterocycles. The van der Waals surface area contributed by atoms with E-state index in [0.29, 0.717) is 18.8 Å². The highest BCUT2D eigenvalue weighted by molar-refractivity contribution is 9.10. The summed E-state index contributed by atoms with van der Waals surface area (Å²) in [6.45, 7) is 1.26. The first-order valence-corrected chi connectivity index (χ1v) is 5.74. The van der Waals surface area contributed by atoms with Gasteiger partial charge in [-0.2, -0.15) is 5.10 Å². The van der Waals surface area contributed by atoms with Crippen molar-refractivity contribution in [3.63, 3.8) is 0 Å². The second kappa shape index (κ2) is 5.14. The van der Waals surface area contributed by atoms with Crippen molar-refractivity contribution in [1.29, 1.82) is 0 Å². The van der Waals surface area contributed by atoms with Crippen LogP contribution in [-0.2, 0) is 6.54 Å². The summed E-state index contributed by atoms with van der Waals surface area (Å²) in [7, 11) is 0.